The lowest BCUT2D eigenvalue weighted by Gasteiger charge is -2.28. The van der Waals surface area contributed by atoms with Gasteiger partial charge in [-0.15, -0.1) is 0 Å². The second-order valence-corrected chi connectivity index (χ2v) is 4.52. The third-order valence-electron chi connectivity index (χ3n) is 3.16. The van der Waals surface area contributed by atoms with Crippen LogP contribution in [-0.4, -0.2) is 39.3 Å². The number of aryl methyl sites for hydroxylation is 1. The largest absolute Gasteiger partial charge is 0.395 e. The molecular formula is C13H25N3O2. The van der Waals surface area contributed by atoms with Crippen molar-refractivity contribution in [2.24, 2.45) is 0 Å². The van der Waals surface area contributed by atoms with Crippen molar-refractivity contribution in [2.45, 2.75) is 59.0 Å². The zero-order valence-electron chi connectivity index (χ0n) is 11.7. The van der Waals surface area contributed by atoms with E-state index in [-0.39, 0.29) is 6.61 Å². The topological polar surface area (TPSA) is 62.4 Å². The highest BCUT2D eigenvalue weighted by Crippen LogP contribution is 2.12. The molecule has 5 heteroatoms. The van der Waals surface area contributed by atoms with Gasteiger partial charge in [-0.25, -0.2) is 0 Å². The van der Waals surface area contributed by atoms with Crippen LogP contribution in [0.1, 0.15) is 51.7 Å². The van der Waals surface area contributed by atoms with Crippen molar-refractivity contribution in [3.8, 4) is 0 Å². The Morgan fingerprint density at radius 3 is 2.56 bits per heavy atom. The average molecular weight is 255 g/mol. The Hall–Kier alpha value is -0.940. The van der Waals surface area contributed by atoms with Crippen LogP contribution in [0.15, 0.2) is 4.52 Å². The zero-order chi connectivity index (χ0) is 13.4. The van der Waals surface area contributed by atoms with Crippen LogP contribution in [0.4, 0.5) is 0 Å². The lowest BCUT2D eigenvalue weighted by Crippen LogP contribution is -2.36. The maximum absolute atomic E-state index is 9.14. The Morgan fingerprint density at radius 1 is 1.28 bits per heavy atom. The Bertz CT molecular complexity index is 324. The molecule has 0 atom stereocenters. The Morgan fingerprint density at radius 2 is 2.00 bits per heavy atom. The minimum Gasteiger partial charge on any atom is -0.395 e. The molecule has 104 valence electrons. The molecule has 0 spiro atoms. The van der Waals surface area contributed by atoms with Gasteiger partial charge in [0.25, 0.3) is 0 Å². The van der Waals surface area contributed by atoms with Gasteiger partial charge in [0.1, 0.15) is 0 Å². The molecule has 0 aliphatic heterocycles. The fraction of sp³-hybridized carbons (Fsp3) is 0.846. The molecule has 1 N–H and O–H groups in total. The summed E-state index contributed by atoms with van der Waals surface area (Å²) in [5.74, 6) is 1.43. The molecule has 0 aliphatic rings. The number of nitrogens with zero attached hydrogens (tertiary/aromatic N) is 3. The molecule has 0 aromatic carbocycles. The van der Waals surface area contributed by atoms with E-state index < -0.39 is 0 Å². The van der Waals surface area contributed by atoms with E-state index in [1.165, 1.54) is 0 Å². The Kier molecular flexibility index (Phi) is 6.90. The van der Waals surface area contributed by atoms with Crippen molar-refractivity contribution >= 4 is 0 Å². The van der Waals surface area contributed by atoms with Crippen molar-refractivity contribution in [3.63, 3.8) is 0 Å². The molecule has 1 heterocycles. The molecule has 1 aromatic heterocycles. The summed E-state index contributed by atoms with van der Waals surface area (Å²) < 4.78 is 5.18. The van der Waals surface area contributed by atoms with Crippen molar-refractivity contribution in [1.29, 1.82) is 0 Å². The molecule has 0 unspecified atom stereocenters. The van der Waals surface area contributed by atoms with Gasteiger partial charge in [-0.3, -0.25) is 4.90 Å². The number of rotatable bonds is 9. The van der Waals surface area contributed by atoms with Crippen molar-refractivity contribution in [3.05, 3.63) is 11.7 Å². The molecule has 5 nitrogen and oxygen atoms in total. The van der Waals surface area contributed by atoms with Crippen molar-refractivity contribution in [2.75, 3.05) is 13.2 Å². The third kappa shape index (κ3) is 4.38. The summed E-state index contributed by atoms with van der Waals surface area (Å²) in [6.45, 7) is 7.89. The molecule has 0 saturated carbocycles. The first kappa shape index (κ1) is 15.1. The lowest BCUT2D eigenvalue weighted by atomic mass is 10.1. The minimum atomic E-state index is 0.163. The molecule has 1 rings (SSSR count). The van der Waals surface area contributed by atoms with E-state index in [1.807, 2.05) is 0 Å². The van der Waals surface area contributed by atoms with Crippen molar-refractivity contribution in [1.82, 2.24) is 15.0 Å². The molecule has 0 amide bonds. The van der Waals surface area contributed by atoms with Crippen LogP contribution in [0.5, 0.6) is 0 Å². The molecule has 0 aliphatic carbocycles. The van der Waals surface area contributed by atoms with Crippen LogP contribution in [0.25, 0.3) is 0 Å². The summed E-state index contributed by atoms with van der Waals surface area (Å²) in [5.41, 5.74) is 0. The fourth-order valence-electron chi connectivity index (χ4n) is 2.18. The third-order valence-corrected chi connectivity index (χ3v) is 3.16. The quantitative estimate of drug-likeness (QED) is 0.731. The first-order chi connectivity index (χ1) is 8.74. The Balaban J connectivity index is 2.63. The predicted molar refractivity (Wildman–Crippen MR) is 70.2 cm³/mol. The smallest absolute Gasteiger partial charge is 0.226 e. The maximum Gasteiger partial charge on any atom is 0.226 e. The van der Waals surface area contributed by atoms with Crippen LogP contribution in [0, 0.1) is 0 Å². The van der Waals surface area contributed by atoms with Gasteiger partial charge >= 0.3 is 0 Å². The van der Waals surface area contributed by atoms with Crippen LogP contribution < -0.4 is 0 Å². The van der Waals surface area contributed by atoms with E-state index >= 15 is 0 Å². The summed E-state index contributed by atoms with van der Waals surface area (Å²) >= 11 is 0. The highest BCUT2D eigenvalue weighted by Gasteiger charge is 2.17. The number of hydrogen-bond acceptors (Lipinski definition) is 5. The summed E-state index contributed by atoms with van der Waals surface area (Å²) in [6, 6.07) is 0.463. The zero-order valence-corrected chi connectivity index (χ0v) is 11.7. The first-order valence-electron chi connectivity index (χ1n) is 6.91. The highest BCUT2D eigenvalue weighted by atomic mass is 16.5. The standard InChI is InChI=1S/C13H25N3O2/c1-4-7-13-14-12(15-18-13)10-16(8-9-17)11(5-2)6-3/h11,17H,4-10H2,1-3H3. The fourth-order valence-corrected chi connectivity index (χ4v) is 2.18. The molecule has 18 heavy (non-hydrogen) atoms. The van der Waals surface area contributed by atoms with Crippen LogP contribution in [-0.2, 0) is 13.0 Å². The van der Waals surface area contributed by atoms with Gasteiger partial charge in [0.05, 0.1) is 13.2 Å². The van der Waals surface area contributed by atoms with Crippen molar-refractivity contribution < 1.29 is 9.63 Å². The summed E-state index contributed by atoms with van der Waals surface area (Å²) in [6.07, 6.45) is 3.97. The summed E-state index contributed by atoms with van der Waals surface area (Å²) in [7, 11) is 0. The summed E-state index contributed by atoms with van der Waals surface area (Å²) in [5, 5.41) is 13.1. The molecule has 0 bridgehead atoms. The van der Waals surface area contributed by atoms with Gasteiger partial charge < -0.3 is 9.63 Å². The van der Waals surface area contributed by atoms with Crippen LogP contribution in [0.3, 0.4) is 0 Å². The minimum absolute atomic E-state index is 0.163. The normalized spacial score (nSPS) is 11.7. The second kappa shape index (κ2) is 8.21. The van der Waals surface area contributed by atoms with Crippen LogP contribution in [0.2, 0.25) is 0 Å². The van der Waals surface area contributed by atoms with E-state index in [4.69, 9.17) is 9.63 Å². The van der Waals surface area contributed by atoms with Gasteiger partial charge in [-0.05, 0) is 19.3 Å². The second-order valence-electron chi connectivity index (χ2n) is 4.52. The number of hydrogen-bond donors (Lipinski definition) is 1. The Labute approximate surface area is 109 Å². The predicted octanol–water partition coefficient (Wildman–Crippen LogP) is 2.00. The highest BCUT2D eigenvalue weighted by molar-refractivity contribution is 4.87. The average Bonchev–Trinajstić information content (AvgIpc) is 2.79. The van der Waals surface area contributed by atoms with Gasteiger partial charge in [-0.1, -0.05) is 25.9 Å². The van der Waals surface area contributed by atoms with Gasteiger partial charge in [0, 0.05) is 19.0 Å². The lowest BCUT2D eigenvalue weighted by molar-refractivity contribution is 0.132. The number of aliphatic hydroxyl groups is 1. The SMILES string of the molecule is CCCc1nc(CN(CCO)C(CC)CC)no1. The van der Waals surface area contributed by atoms with Gasteiger partial charge in [-0.2, -0.15) is 4.98 Å². The van der Waals surface area contributed by atoms with Gasteiger partial charge in [0.2, 0.25) is 5.89 Å². The molecule has 0 saturated heterocycles. The number of aliphatic hydroxyl groups excluding tert-OH is 1. The molecule has 1 aromatic rings. The van der Waals surface area contributed by atoms with Gasteiger partial charge in [0.15, 0.2) is 5.82 Å². The molecule has 0 radical (unpaired) electrons. The maximum atomic E-state index is 9.14. The monoisotopic (exact) mass is 255 g/mol. The first-order valence-corrected chi connectivity index (χ1v) is 6.91. The number of aromatic nitrogens is 2. The van der Waals surface area contributed by atoms with E-state index in [0.717, 1.165) is 31.5 Å². The van der Waals surface area contributed by atoms with E-state index in [1.54, 1.807) is 0 Å². The van der Waals surface area contributed by atoms with E-state index in [9.17, 15) is 0 Å². The van der Waals surface area contributed by atoms with Crippen LogP contribution >= 0.6 is 0 Å². The van der Waals surface area contributed by atoms with E-state index in [2.05, 4.69) is 35.8 Å². The molecular weight excluding hydrogens is 230 g/mol. The summed E-state index contributed by atoms with van der Waals surface area (Å²) in [4.78, 5) is 6.59. The molecule has 0 fully saturated rings. The van der Waals surface area contributed by atoms with E-state index in [0.29, 0.717) is 25.0 Å².